The van der Waals surface area contributed by atoms with E-state index >= 15 is 0 Å². The monoisotopic (exact) mass is 261 g/mol. The van der Waals surface area contributed by atoms with Gasteiger partial charge in [-0.1, -0.05) is 6.07 Å². The molecular weight excluding hydrogens is 246 g/mol. The molecule has 1 N–H and O–H groups in total. The lowest BCUT2D eigenvalue weighted by molar-refractivity contribution is 0.156. The summed E-state index contributed by atoms with van der Waals surface area (Å²) in [6.45, 7) is 0.541. The van der Waals surface area contributed by atoms with Gasteiger partial charge in [-0.25, -0.2) is 0 Å². The molecule has 1 aliphatic carbocycles. The first-order valence-electron chi connectivity index (χ1n) is 6.14. The summed E-state index contributed by atoms with van der Waals surface area (Å²) in [6, 6.07) is 6.03. The van der Waals surface area contributed by atoms with Crippen molar-refractivity contribution in [3.05, 3.63) is 45.9 Å². The number of fused-ring (bicyclic) bond motifs is 1. The molecule has 1 unspecified atom stereocenters. The summed E-state index contributed by atoms with van der Waals surface area (Å²) in [5.41, 5.74) is 4.08. The van der Waals surface area contributed by atoms with Gasteiger partial charge >= 0.3 is 0 Å². The van der Waals surface area contributed by atoms with E-state index in [4.69, 9.17) is 4.74 Å². The van der Waals surface area contributed by atoms with Gasteiger partial charge in [0.1, 0.15) is 12.4 Å². The van der Waals surface area contributed by atoms with E-state index < -0.39 is 0 Å². The van der Waals surface area contributed by atoms with Gasteiger partial charge in [0.15, 0.2) is 0 Å². The van der Waals surface area contributed by atoms with Crippen molar-refractivity contribution in [3.63, 3.8) is 0 Å². The minimum absolute atomic E-state index is 0.333. The zero-order chi connectivity index (χ0) is 12.4. The van der Waals surface area contributed by atoms with Gasteiger partial charge in [-0.05, 0) is 42.5 Å². The van der Waals surface area contributed by atoms with Gasteiger partial charge in [0, 0.05) is 6.20 Å². The molecule has 3 nitrogen and oxygen atoms in total. The lowest BCUT2D eigenvalue weighted by Gasteiger charge is -2.21. The number of ether oxygens (including phenoxy) is 1. The lowest BCUT2D eigenvalue weighted by atomic mass is 9.89. The Morgan fingerprint density at radius 3 is 3.22 bits per heavy atom. The highest BCUT2D eigenvalue weighted by Crippen LogP contribution is 2.32. The van der Waals surface area contributed by atoms with E-state index in [9.17, 15) is 5.11 Å². The second-order valence-electron chi connectivity index (χ2n) is 4.53. The average molecular weight is 261 g/mol. The number of aliphatic hydroxyl groups is 1. The van der Waals surface area contributed by atoms with Crippen molar-refractivity contribution in [2.75, 3.05) is 0 Å². The van der Waals surface area contributed by atoms with Crippen LogP contribution in [0.4, 0.5) is 0 Å². The standard InChI is InChI=1S/C14H15NO2S/c16-14-3-1-2-10-4-5-11(6-13(10)14)17-8-12-7-15-9-18-12/h4-7,9,14,16H,1-3,8H2. The first-order valence-corrected chi connectivity index (χ1v) is 7.02. The smallest absolute Gasteiger partial charge is 0.124 e. The van der Waals surface area contributed by atoms with Crippen molar-refractivity contribution in [2.45, 2.75) is 32.0 Å². The van der Waals surface area contributed by atoms with E-state index in [1.807, 2.05) is 18.3 Å². The van der Waals surface area contributed by atoms with Crippen LogP contribution in [0.1, 0.15) is 34.9 Å². The van der Waals surface area contributed by atoms with Gasteiger partial charge in [0.05, 0.1) is 16.5 Å². The first kappa shape index (κ1) is 11.7. The molecule has 0 spiro atoms. The molecule has 2 aromatic rings. The van der Waals surface area contributed by atoms with Crippen LogP contribution in [0.5, 0.6) is 5.75 Å². The highest BCUT2D eigenvalue weighted by atomic mass is 32.1. The Morgan fingerprint density at radius 1 is 1.44 bits per heavy atom. The van der Waals surface area contributed by atoms with Gasteiger partial charge in [-0.2, -0.15) is 0 Å². The molecule has 3 rings (SSSR count). The highest BCUT2D eigenvalue weighted by molar-refractivity contribution is 7.09. The highest BCUT2D eigenvalue weighted by Gasteiger charge is 2.18. The third-order valence-electron chi connectivity index (χ3n) is 3.26. The summed E-state index contributed by atoms with van der Waals surface area (Å²) < 4.78 is 5.72. The largest absolute Gasteiger partial charge is 0.488 e. The minimum atomic E-state index is -0.333. The number of thiazole rings is 1. The quantitative estimate of drug-likeness (QED) is 0.923. The Hall–Kier alpha value is -1.39. The third kappa shape index (κ3) is 2.40. The average Bonchev–Trinajstić information content (AvgIpc) is 2.90. The number of hydrogen-bond donors (Lipinski definition) is 1. The summed E-state index contributed by atoms with van der Waals surface area (Å²) in [4.78, 5) is 5.12. The summed E-state index contributed by atoms with van der Waals surface area (Å²) in [5.74, 6) is 0.822. The number of hydrogen-bond acceptors (Lipinski definition) is 4. The number of aromatic nitrogens is 1. The van der Waals surface area contributed by atoms with Crippen molar-refractivity contribution in [1.29, 1.82) is 0 Å². The normalized spacial score (nSPS) is 18.4. The van der Waals surface area contributed by atoms with Gasteiger partial charge in [-0.3, -0.25) is 4.98 Å². The van der Waals surface area contributed by atoms with Crippen LogP contribution in [0.25, 0.3) is 0 Å². The van der Waals surface area contributed by atoms with Crippen molar-refractivity contribution in [1.82, 2.24) is 4.98 Å². The Kier molecular flexibility index (Phi) is 3.30. The number of rotatable bonds is 3. The van der Waals surface area contributed by atoms with Gasteiger partial charge in [0.2, 0.25) is 0 Å². The fraction of sp³-hybridized carbons (Fsp3) is 0.357. The van der Waals surface area contributed by atoms with Crippen LogP contribution >= 0.6 is 11.3 Å². The fourth-order valence-electron chi connectivity index (χ4n) is 2.31. The maximum Gasteiger partial charge on any atom is 0.124 e. The number of benzene rings is 1. The number of aliphatic hydroxyl groups excluding tert-OH is 1. The zero-order valence-electron chi connectivity index (χ0n) is 10.0. The summed E-state index contributed by atoms with van der Waals surface area (Å²) in [7, 11) is 0. The Morgan fingerprint density at radius 2 is 2.39 bits per heavy atom. The molecule has 0 saturated carbocycles. The maximum atomic E-state index is 9.97. The molecule has 0 aliphatic heterocycles. The lowest BCUT2D eigenvalue weighted by Crippen LogP contribution is -2.09. The summed E-state index contributed by atoms with van der Waals surface area (Å²) in [6.07, 6.45) is 4.46. The predicted molar refractivity (Wildman–Crippen MR) is 70.8 cm³/mol. The van der Waals surface area contributed by atoms with Crippen LogP contribution in [0.3, 0.4) is 0 Å². The molecule has 1 aromatic heterocycles. The second-order valence-corrected chi connectivity index (χ2v) is 5.50. The van der Waals surface area contributed by atoms with E-state index in [1.54, 1.807) is 16.8 Å². The molecule has 1 heterocycles. The molecule has 0 radical (unpaired) electrons. The molecule has 1 aromatic carbocycles. The fourth-order valence-corrected chi connectivity index (χ4v) is 2.82. The van der Waals surface area contributed by atoms with Gasteiger partial charge in [-0.15, -0.1) is 11.3 Å². The number of nitrogens with zero attached hydrogens (tertiary/aromatic N) is 1. The van der Waals surface area contributed by atoms with E-state index in [0.29, 0.717) is 6.61 Å². The zero-order valence-corrected chi connectivity index (χ0v) is 10.8. The molecule has 4 heteroatoms. The van der Waals surface area contributed by atoms with Gasteiger partial charge in [0.25, 0.3) is 0 Å². The topological polar surface area (TPSA) is 42.4 Å². The SMILES string of the molecule is OC1CCCc2ccc(OCc3cncs3)cc21. The Bertz CT molecular complexity index is 525. The van der Waals surface area contributed by atoms with Crippen LogP contribution in [0.2, 0.25) is 0 Å². The Labute approximate surface area is 110 Å². The molecular formula is C14H15NO2S. The van der Waals surface area contributed by atoms with E-state index in [-0.39, 0.29) is 6.10 Å². The second kappa shape index (κ2) is 5.08. The molecule has 18 heavy (non-hydrogen) atoms. The molecule has 0 saturated heterocycles. The summed E-state index contributed by atoms with van der Waals surface area (Å²) >= 11 is 1.59. The predicted octanol–water partition coefficient (Wildman–Crippen LogP) is 3.09. The molecule has 0 fully saturated rings. The molecule has 1 atom stereocenters. The molecule has 0 amide bonds. The van der Waals surface area contributed by atoms with Crippen molar-refractivity contribution in [2.24, 2.45) is 0 Å². The van der Waals surface area contributed by atoms with Crippen molar-refractivity contribution in [3.8, 4) is 5.75 Å². The van der Waals surface area contributed by atoms with Crippen LogP contribution in [-0.2, 0) is 13.0 Å². The maximum absolute atomic E-state index is 9.97. The van der Waals surface area contributed by atoms with Crippen molar-refractivity contribution >= 4 is 11.3 Å². The first-order chi connectivity index (χ1) is 8.83. The molecule has 94 valence electrons. The minimum Gasteiger partial charge on any atom is -0.488 e. The van der Waals surface area contributed by atoms with E-state index in [2.05, 4.69) is 11.1 Å². The number of aryl methyl sites for hydroxylation is 1. The van der Waals surface area contributed by atoms with Gasteiger partial charge < -0.3 is 9.84 Å². The van der Waals surface area contributed by atoms with Crippen LogP contribution in [0, 0.1) is 0 Å². The van der Waals surface area contributed by atoms with Crippen LogP contribution in [-0.4, -0.2) is 10.1 Å². The van der Waals surface area contributed by atoms with Crippen LogP contribution in [0.15, 0.2) is 29.9 Å². The van der Waals surface area contributed by atoms with Crippen LogP contribution < -0.4 is 4.74 Å². The van der Waals surface area contributed by atoms with E-state index in [1.165, 1.54) is 5.56 Å². The molecule has 0 bridgehead atoms. The third-order valence-corrected chi connectivity index (χ3v) is 4.02. The molecule has 1 aliphatic rings. The Balaban J connectivity index is 1.75. The summed E-state index contributed by atoms with van der Waals surface area (Å²) in [5, 5.41) is 9.97. The van der Waals surface area contributed by atoms with E-state index in [0.717, 1.165) is 35.5 Å². The van der Waals surface area contributed by atoms with Crippen molar-refractivity contribution < 1.29 is 9.84 Å².